The molecule has 134 valence electrons. The first-order chi connectivity index (χ1) is 12.6. The van der Waals surface area contributed by atoms with Crippen LogP contribution in [0.1, 0.15) is 48.5 Å². The molecule has 1 aromatic carbocycles. The summed E-state index contributed by atoms with van der Waals surface area (Å²) in [5, 5.41) is 4.76. The number of imidazole rings is 1. The summed E-state index contributed by atoms with van der Waals surface area (Å²) in [5.74, 6) is 0.496. The van der Waals surface area contributed by atoms with E-state index in [4.69, 9.17) is 0 Å². The minimum atomic E-state index is -0.198. The monoisotopic (exact) mass is 369 g/mol. The lowest BCUT2D eigenvalue weighted by molar-refractivity contribution is -0.114. The number of benzene rings is 1. The van der Waals surface area contributed by atoms with E-state index < -0.39 is 0 Å². The molecular weight excluding hydrogens is 350 g/mol. The number of amides is 2. The lowest BCUT2D eigenvalue weighted by Gasteiger charge is -2.34. The minimum Gasteiger partial charge on any atom is -0.340 e. The second kappa shape index (κ2) is 6.87. The molecule has 26 heavy (non-hydrogen) atoms. The molecule has 2 aromatic heterocycles. The third-order valence-corrected chi connectivity index (χ3v) is 5.25. The average Bonchev–Trinajstić information content (AvgIpc) is 3.27. The number of nitrogens with one attached hydrogen (secondary N) is 2. The highest BCUT2D eigenvalue weighted by Gasteiger charge is 2.32. The molecule has 2 N–H and O–H groups in total. The zero-order valence-electron chi connectivity index (χ0n) is 14.4. The number of thiazole rings is 1. The van der Waals surface area contributed by atoms with Crippen LogP contribution in [0.3, 0.4) is 0 Å². The summed E-state index contributed by atoms with van der Waals surface area (Å²) in [4.78, 5) is 38.3. The number of carbonyl (C=O) groups excluding carboxylic acids is 2. The van der Waals surface area contributed by atoms with Crippen LogP contribution in [-0.2, 0) is 4.79 Å². The van der Waals surface area contributed by atoms with Gasteiger partial charge in [-0.2, -0.15) is 0 Å². The van der Waals surface area contributed by atoms with Crippen LogP contribution in [0.5, 0.6) is 0 Å². The summed E-state index contributed by atoms with van der Waals surface area (Å²) in [5.41, 5.74) is 2.24. The molecule has 0 aliphatic carbocycles. The molecule has 4 rings (SSSR count). The van der Waals surface area contributed by atoms with Crippen molar-refractivity contribution in [2.75, 3.05) is 11.9 Å². The van der Waals surface area contributed by atoms with E-state index in [-0.39, 0.29) is 17.9 Å². The third kappa shape index (κ3) is 3.20. The van der Waals surface area contributed by atoms with Crippen molar-refractivity contribution in [3.8, 4) is 0 Å². The third-order valence-electron chi connectivity index (χ3n) is 4.49. The van der Waals surface area contributed by atoms with Crippen LogP contribution < -0.4 is 5.32 Å². The molecule has 1 fully saturated rings. The Balaban J connectivity index is 1.61. The number of hydrogen-bond donors (Lipinski definition) is 2. The molecule has 2 amide bonds. The predicted octanol–water partition coefficient (Wildman–Crippen LogP) is 3.35. The summed E-state index contributed by atoms with van der Waals surface area (Å²) >= 11 is 1.26. The maximum Gasteiger partial charge on any atom is 0.274 e. The zero-order chi connectivity index (χ0) is 18.1. The summed E-state index contributed by atoms with van der Waals surface area (Å²) in [6.45, 7) is 2.10. The van der Waals surface area contributed by atoms with Crippen LogP contribution in [0, 0.1) is 0 Å². The maximum absolute atomic E-state index is 13.0. The number of aromatic amines is 1. The first kappa shape index (κ1) is 16.7. The van der Waals surface area contributed by atoms with Crippen LogP contribution in [-0.4, -0.2) is 38.2 Å². The number of rotatable bonds is 3. The minimum absolute atomic E-state index is 0.0884. The topological polar surface area (TPSA) is 91.0 Å². The van der Waals surface area contributed by atoms with E-state index in [9.17, 15) is 9.59 Å². The van der Waals surface area contributed by atoms with Crippen LogP contribution in [0.15, 0.2) is 29.6 Å². The number of nitrogens with zero attached hydrogens (tertiary/aromatic N) is 3. The lowest BCUT2D eigenvalue weighted by Crippen LogP contribution is -2.39. The van der Waals surface area contributed by atoms with E-state index in [1.54, 1.807) is 5.38 Å². The SMILES string of the molecule is CC(=O)Nc1nc(C(=O)N2CCCC[C@H]2c2nc3ccccc3[nH]2)cs1. The number of carbonyl (C=O) groups is 2. The van der Waals surface area contributed by atoms with Crippen LogP contribution in [0.2, 0.25) is 0 Å². The molecule has 1 saturated heterocycles. The van der Waals surface area contributed by atoms with Gasteiger partial charge in [0.15, 0.2) is 5.13 Å². The zero-order valence-corrected chi connectivity index (χ0v) is 15.2. The summed E-state index contributed by atoms with van der Waals surface area (Å²) in [6.07, 6.45) is 2.89. The summed E-state index contributed by atoms with van der Waals surface area (Å²) in [7, 11) is 0. The quantitative estimate of drug-likeness (QED) is 0.741. The van der Waals surface area contributed by atoms with E-state index in [2.05, 4.69) is 20.3 Å². The van der Waals surface area contributed by atoms with Gasteiger partial charge in [-0.1, -0.05) is 12.1 Å². The predicted molar refractivity (Wildman–Crippen MR) is 100 cm³/mol. The molecule has 0 saturated carbocycles. The molecule has 1 aliphatic heterocycles. The number of piperidine rings is 1. The van der Waals surface area contributed by atoms with E-state index in [1.807, 2.05) is 29.2 Å². The van der Waals surface area contributed by atoms with Gasteiger partial charge in [-0.3, -0.25) is 9.59 Å². The molecule has 7 nitrogen and oxygen atoms in total. The van der Waals surface area contributed by atoms with Gasteiger partial charge in [0.05, 0.1) is 17.1 Å². The molecule has 0 bridgehead atoms. The van der Waals surface area contributed by atoms with Gasteiger partial charge in [0, 0.05) is 18.8 Å². The van der Waals surface area contributed by atoms with Gasteiger partial charge < -0.3 is 15.2 Å². The van der Waals surface area contributed by atoms with Gasteiger partial charge in [-0.05, 0) is 31.4 Å². The number of fused-ring (bicyclic) bond motifs is 1. The Hall–Kier alpha value is -2.74. The smallest absolute Gasteiger partial charge is 0.274 e. The van der Waals surface area contributed by atoms with Crippen molar-refractivity contribution in [1.29, 1.82) is 0 Å². The first-order valence-corrected chi connectivity index (χ1v) is 9.48. The maximum atomic E-state index is 13.0. The number of hydrogen-bond acceptors (Lipinski definition) is 5. The Morgan fingerprint density at radius 3 is 2.92 bits per heavy atom. The highest BCUT2D eigenvalue weighted by atomic mass is 32.1. The first-order valence-electron chi connectivity index (χ1n) is 8.60. The molecule has 3 aromatic rings. The van der Waals surface area contributed by atoms with Gasteiger partial charge in [0.25, 0.3) is 5.91 Å². The Morgan fingerprint density at radius 2 is 2.12 bits per heavy atom. The summed E-state index contributed by atoms with van der Waals surface area (Å²) < 4.78 is 0. The van der Waals surface area contributed by atoms with Gasteiger partial charge in [0.2, 0.25) is 5.91 Å². The van der Waals surface area contributed by atoms with Crippen molar-refractivity contribution in [3.05, 3.63) is 41.2 Å². The van der Waals surface area contributed by atoms with Crippen molar-refractivity contribution in [3.63, 3.8) is 0 Å². The van der Waals surface area contributed by atoms with Gasteiger partial charge in [0.1, 0.15) is 11.5 Å². The molecule has 3 heterocycles. The van der Waals surface area contributed by atoms with Crippen molar-refractivity contribution in [1.82, 2.24) is 19.9 Å². The van der Waals surface area contributed by atoms with Gasteiger partial charge >= 0.3 is 0 Å². The molecule has 0 radical (unpaired) electrons. The van der Waals surface area contributed by atoms with Gasteiger partial charge in [-0.15, -0.1) is 11.3 Å². The van der Waals surface area contributed by atoms with Crippen LogP contribution in [0.4, 0.5) is 5.13 Å². The Bertz CT molecular complexity index is 930. The molecular formula is C18H19N5O2S. The fourth-order valence-corrected chi connectivity index (χ4v) is 4.05. The highest BCUT2D eigenvalue weighted by molar-refractivity contribution is 7.14. The molecule has 0 unspecified atom stereocenters. The van der Waals surface area contributed by atoms with E-state index in [1.165, 1.54) is 18.3 Å². The molecule has 0 spiro atoms. The normalized spacial score (nSPS) is 17.4. The second-order valence-corrected chi connectivity index (χ2v) is 7.23. The number of H-pyrrole nitrogens is 1. The number of likely N-dealkylation sites (tertiary alicyclic amines) is 1. The van der Waals surface area contributed by atoms with Crippen molar-refractivity contribution < 1.29 is 9.59 Å². The largest absolute Gasteiger partial charge is 0.340 e. The summed E-state index contributed by atoms with van der Waals surface area (Å²) in [6, 6.07) is 7.78. The Morgan fingerprint density at radius 1 is 1.27 bits per heavy atom. The van der Waals surface area contributed by atoms with E-state index in [0.717, 1.165) is 36.1 Å². The van der Waals surface area contributed by atoms with E-state index in [0.29, 0.717) is 17.4 Å². The van der Waals surface area contributed by atoms with Crippen molar-refractivity contribution >= 4 is 39.3 Å². The van der Waals surface area contributed by atoms with Crippen LogP contribution in [0.25, 0.3) is 11.0 Å². The van der Waals surface area contributed by atoms with Crippen molar-refractivity contribution in [2.24, 2.45) is 0 Å². The number of aromatic nitrogens is 3. The highest BCUT2D eigenvalue weighted by Crippen LogP contribution is 2.32. The van der Waals surface area contributed by atoms with Crippen molar-refractivity contribution in [2.45, 2.75) is 32.2 Å². The fraction of sp³-hybridized carbons (Fsp3) is 0.333. The van der Waals surface area contributed by atoms with Gasteiger partial charge in [-0.25, -0.2) is 9.97 Å². The van der Waals surface area contributed by atoms with Crippen LogP contribution >= 0.6 is 11.3 Å². The Kier molecular flexibility index (Phi) is 4.42. The molecule has 8 heteroatoms. The number of anilines is 1. The van der Waals surface area contributed by atoms with E-state index >= 15 is 0 Å². The average molecular weight is 369 g/mol. The number of para-hydroxylation sites is 2. The molecule has 1 atom stereocenters. The fourth-order valence-electron chi connectivity index (χ4n) is 3.32. The molecule has 1 aliphatic rings. The second-order valence-electron chi connectivity index (χ2n) is 6.37. The lowest BCUT2D eigenvalue weighted by atomic mass is 10.0. The standard InChI is InChI=1S/C18H19N5O2S/c1-11(24)19-18-22-14(10-26-18)17(25)23-9-5-4-8-15(23)16-20-12-6-2-3-7-13(12)21-16/h2-3,6-7,10,15H,4-5,8-9H2,1H3,(H,20,21)(H,19,22,24)/t15-/m0/s1. The Labute approximate surface area is 154 Å².